The summed E-state index contributed by atoms with van der Waals surface area (Å²) in [5.74, 6) is 0. The first kappa shape index (κ1) is 13.6. The number of aldehydes is 1. The molecule has 0 unspecified atom stereocenters. The molecule has 4 nitrogen and oxygen atoms in total. The van der Waals surface area contributed by atoms with Gasteiger partial charge in [-0.3, -0.25) is 4.79 Å². The maximum Gasteiger partial charge on any atom is 0.169 e. The molecule has 104 valence electrons. The van der Waals surface area contributed by atoms with Crippen LogP contribution in [0.1, 0.15) is 10.4 Å². The van der Waals surface area contributed by atoms with E-state index >= 15 is 0 Å². The number of carbonyl (C=O) groups is 1. The second-order valence-corrected chi connectivity index (χ2v) is 5.41. The van der Waals surface area contributed by atoms with E-state index < -0.39 is 0 Å². The highest BCUT2D eigenvalue weighted by Crippen LogP contribution is 2.22. The smallest absolute Gasteiger partial charge is 0.169 e. The van der Waals surface area contributed by atoms with Crippen LogP contribution in [0, 0.1) is 0 Å². The topological polar surface area (TPSA) is 54.6 Å². The quantitative estimate of drug-likeness (QED) is 0.570. The number of rotatable bonds is 2. The number of hydrogen-bond acceptors (Lipinski definition) is 3. The monoisotopic (exact) mass is 342 g/mol. The lowest BCUT2D eigenvalue weighted by molar-refractivity contribution is 0.112. The number of fused-ring (bicyclic) bond motifs is 1. The lowest BCUT2D eigenvalue weighted by Gasteiger charge is -2.05. The summed E-state index contributed by atoms with van der Waals surface area (Å²) < 4.78 is 1.84. The SMILES string of the molecule is O=Cc1ccc(Br)cc1N=c1ccc2ccccc2n1O. The standard InChI is InChI=1S/C16H11BrN2O2/c17-13-7-5-12(10-20)14(9-13)18-16-8-6-11-3-1-2-4-15(11)19(16)21/h1-10,21H. The number of carbonyl (C=O) groups excluding carboxylic acids is 1. The Morgan fingerprint density at radius 3 is 2.71 bits per heavy atom. The van der Waals surface area contributed by atoms with E-state index in [9.17, 15) is 10.0 Å². The molecule has 3 rings (SSSR count). The van der Waals surface area contributed by atoms with Gasteiger partial charge in [0.1, 0.15) is 0 Å². The first-order valence-electron chi connectivity index (χ1n) is 6.28. The fourth-order valence-corrected chi connectivity index (χ4v) is 2.45. The lowest BCUT2D eigenvalue weighted by atomic mass is 10.2. The van der Waals surface area contributed by atoms with Gasteiger partial charge in [0.05, 0.1) is 11.2 Å². The van der Waals surface area contributed by atoms with Crippen molar-refractivity contribution in [3.8, 4) is 0 Å². The summed E-state index contributed by atoms with van der Waals surface area (Å²) in [5, 5.41) is 11.2. The van der Waals surface area contributed by atoms with Gasteiger partial charge in [-0.2, -0.15) is 4.73 Å². The number of nitrogens with zero attached hydrogens (tertiary/aromatic N) is 2. The van der Waals surface area contributed by atoms with Crippen molar-refractivity contribution in [2.45, 2.75) is 0 Å². The highest BCUT2D eigenvalue weighted by atomic mass is 79.9. The summed E-state index contributed by atoms with van der Waals surface area (Å²) >= 11 is 3.35. The van der Waals surface area contributed by atoms with Crippen LogP contribution in [0.25, 0.3) is 10.9 Å². The van der Waals surface area contributed by atoms with Gasteiger partial charge in [0.15, 0.2) is 11.8 Å². The highest BCUT2D eigenvalue weighted by Gasteiger charge is 2.03. The van der Waals surface area contributed by atoms with Gasteiger partial charge >= 0.3 is 0 Å². The van der Waals surface area contributed by atoms with E-state index in [4.69, 9.17) is 0 Å². The maximum atomic E-state index is 11.1. The van der Waals surface area contributed by atoms with E-state index in [0.29, 0.717) is 22.3 Å². The van der Waals surface area contributed by atoms with E-state index in [-0.39, 0.29) is 0 Å². The van der Waals surface area contributed by atoms with Crippen LogP contribution >= 0.6 is 15.9 Å². The van der Waals surface area contributed by atoms with Crippen LogP contribution in [0.4, 0.5) is 5.69 Å². The van der Waals surface area contributed by atoms with E-state index in [1.165, 1.54) is 0 Å². The Hall–Kier alpha value is -2.40. The van der Waals surface area contributed by atoms with Gasteiger partial charge in [-0.15, -0.1) is 0 Å². The molecule has 0 bridgehead atoms. The minimum absolute atomic E-state index is 0.356. The summed E-state index contributed by atoms with van der Waals surface area (Å²) in [4.78, 5) is 15.5. The second-order valence-electron chi connectivity index (χ2n) is 4.49. The molecule has 5 heteroatoms. The highest BCUT2D eigenvalue weighted by molar-refractivity contribution is 9.10. The minimum atomic E-state index is 0.356. The van der Waals surface area contributed by atoms with Crippen LogP contribution in [0.3, 0.4) is 0 Å². The molecule has 1 aromatic heterocycles. The van der Waals surface area contributed by atoms with Crippen molar-refractivity contribution in [2.24, 2.45) is 4.99 Å². The van der Waals surface area contributed by atoms with E-state index in [1.54, 1.807) is 30.3 Å². The zero-order valence-electron chi connectivity index (χ0n) is 10.9. The Kier molecular flexibility index (Phi) is 3.58. The Morgan fingerprint density at radius 1 is 1.10 bits per heavy atom. The Labute approximate surface area is 129 Å². The molecule has 0 saturated heterocycles. The zero-order chi connectivity index (χ0) is 14.8. The third kappa shape index (κ3) is 2.60. The molecule has 1 heterocycles. The van der Waals surface area contributed by atoms with Gasteiger partial charge in [-0.25, -0.2) is 4.99 Å². The molecule has 0 fully saturated rings. The molecule has 0 radical (unpaired) electrons. The molecule has 21 heavy (non-hydrogen) atoms. The first-order valence-corrected chi connectivity index (χ1v) is 7.08. The van der Waals surface area contributed by atoms with Crippen molar-refractivity contribution in [1.82, 2.24) is 4.73 Å². The van der Waals surface area contributed by atoms with Crippen molar-refractivity contribution in [2.75, 3.05) is 0 Å². The van der Waals surface area contributed by atoms with Crippen molar-refractivity contribution in [3.63, 3.8) is 0 Å². The minimum Gasteiger partial charge on any atom is -0.426 e. The third-order valence-corrected chi connectivity index (χ3v) is 3.64. The molecular weight excluding hydrogens is 332 g/mol. The molecule has 0 aliphatic heterocycles. The average Bonchev–Trinajstić information content (AvgIpc) is 2.51. The molecular formula is C16H11BrN2O2. The molecule has 1 N–H and O–H groups in total. The summed E-state index contributed by atoms with van der Waals surface area (Å²) in [6.45, 7) is 0. The van der Waals surface area contributed by atoms with Gasteiger partial charge < -0.3 is 5.21 Å². The zero-order valence-corrected chi connectivity index (χ0v) is 12.5. The van der Waals surface area contributed by atoms with Gasteiger partial charge in [0.2, 0.25) is 0 Å². The predicted octanol–water partition coefficient (Wildman–Crippen LogP) is 3.69. The lowest BCUT2D eigenvalue weighted by Crippen LogP contribution is -2.18. The number of para-hydroxylation sites is 1. The molecule has 0 saturated carbocycles. The Balaban J connectivity index is 2.27. The largest absolute Gasteiger partial charge is 0.426 e. The number of hydrogen-bond donors (Lipinski definition) is 1. The van der Waals surface area contributed by atoms with Crippen molar-refractivity contribution in [3.05, 3.63) is 70.1 Å². The molecule has 0 spiro atoms. The predicted molar refractivity (Wildman–Crippen MR) is 83.9 cm³/mol. The molecule has 0 aliphatic rings. The molecule has 0 amide bonds. The summed E-state index contributed by atoms with van der Waals surface area (Å²) in [7, 11) is 0. The first-order chi connectivity index (χ1) is 10.2. The van der Waals surface area contributed by atoms with Crippen LogP contribution in [0.15, 0.2) is 64.1 Å². The summed E-state index contributed by atoms with van der Waals surface area (Å²) in [5.41, 5.74) is 1.97. The van der Waals surface area contributed by atoms with E-state index in [1.807, 2.05) is 24.3 Å². The second kappa shape index (κ2) is 5.54. The fraction of sp³-hybridized carbons (Fsp3) is 0. The van der Waals surface area contributed by atoms with Crippen LogP contribution in [-0.2, 0) is 0 Å². The fourth-order valence-electron chi connectivity index (χ4n) is 2.10. The molecule has 3 aromatic rings. The summed E-state index contributed by atoms with van der Waals surface area (Å²) in [6, 6.07) is 16.2. The van der Waals surface area contributed by atoms with Crippen LogP contribution in [0.5, 0.6) is 0 Å². The Bertz CT molecular complexity index is 900. The number of aromatic nitrogens is 1. The number of halogens is 1. The maximum absolute atomic E-state index is 11.1. The van der Waals surface area contributed by atoms with E-state index in [0.717, 1.165) is 20.9 Å². The molecule has 2 aromatic carbocycles. The van der Waals surface area contributed by atoms with Crippen molar-refractivity contribution in [1.29, 1.82) is 0 Å². The van der Waals surface area contributed by atoms with Gasteiger partial charge in [-0.1, -0.05) is 34.1 Å². The number of pyridine rings is 1. The normalized spacial score (nSPS) is 11.8. The van der Waals surface area contributed by atoms with Gasteiger partial charge in [-0.05, 0) is 36.4 Å². The third-order valence-electron chi connectivity index (χ3n) is 3.15. The summed E-state index contributed by atoms with van der Waals surface area (Å²) in [6.07, 6.45) is 0.744. The van der Waals surface area contributed by atoms with Gasteiger partial charge in [0, 0.05) is 15.4 Å². The van der Waals surface area contributed by atoms with Crippen molar-refractivity contribution < 1.29 is 10.0 Å². The van der Waals surface area contributed by atoms with E-state index in [2.05, 4.69) is 20.9 Å². The average molecular weight is 343 g/mol. The van der Waals surface area contributed by atoms with Crippen molar-refractivity contribution >= 4 is 38.8 Å². The number of benzene rings is 2. The molecule has 0 aliphatic carbocycles. The molecule has 0 atom stereocenters. The van der Waals surface area contributed by atoms with Crippen LogP contribution in [0.2, 0.25) is 0 Å². The van der Waals surface area contributed by atoms with Crippen LogP contribution < -0.4 is 5.49 Å². The van der Waals surface area contributed by atoms with Gasteiger partial charge in [0.25, 0.3) is 0 Å². The van der Waals surface area contributed by atoms with Crippen LogP contribution in [-0.4, -0.2) is 16.2 Å². The Morgan fingerprint density at radius 2 is 1.90 bits per heavy atom.